The first-order chi connectivity index (χ1) is 12.7. The van der Waals surface area contributed by atoms with Crippen LogP contribution in [0.3, 0.4) is 0 Å². The SMILES string of the molecule is COc1ccc(Cn2nc(Br)nc2C(COC2CCCCO2)OC)cc1. The first-order valence-corrected chi connectivity index (χ1v) is 9.48. The number of aromatic nitrogens is 3. The Bertz CT molecular complexity index is 686. The van der Waals surface area contributed by atoms with Crippen LogP contribution in [0.15, 0.2) is 29.0 Å². The van der Waals surface area contributed by atoms with Crippen molar-refractivity contribution in [2.24, 2.45) is 0 Å². The smallest absolute Gasteiger partial charge is 0.217 e. The third kappa shape index (κ3) is 5.03. The van der Waals surface area contributed by atoms with Crippen LogP contribution in [0.1, 0.15) is 36.8 Å². The van der Waals surface area contributed by atoms with Crippen LogP contribution in [0.5, 0.6) is 5.75 Å². The molecule has 0 spiro atoms. The fourth-order valence-corrected chi connectivity index (χ4v) is 3.24. The third-order valence-corrected chi connectivity index (χ3v) is 4.65. The minimum atomic E-state index is -0.322. The maximum atomic E-state index is 5.87. The Morgan fingerprint density at radius 3 is 2.73 bits per heavy atom. The van der Waals surface area contributed by atoms with Crippen LogP contribution in [0.4, 0.5) is 0 Å². The quantitative estimate of drug-likeness (QED) is 0.645. The summed E-state index contributed by atoms with van der Waals surface area (Å²) in [7, 11) is 3.30. The zero-order valence-corrected chi connectivity index (χ0v) is 16.6. The number of ether oxygens (including phenoxy) is 4. The summed E-state index contributed by atoms with van der Waals surface area (Å²) in [5.41, 5.74) is 1.09. The van der Waals surface area contributed by atoms with Gasteiger partial charge in [-0.2, -0.15) is 0 Å². The fourth-order valence-electron chi connectivity index (χ4n) is 2.87. The molecule has 1 aromatic heterocycles. The van der Waals surface area contributed by atoms with Gasteiger partial charge in [0.1, 0.15) is 11.9 Å². The molecule has 2 unspecified atom stereocenters. The Morgan fingerprint density at radius 1 is 1.27 bits per heavy atom. The maximum Gasteiger partial charge on any atom is 0.217 e. The number of halogens is 1. The molecule has 142 valence electrons. The molecule has 2 heterocycles. The summed E-state index contributed by atoms with van der Waals surface area (Å²) in [6, 6.07) is 7.87. The van der Waals surface area contributed by atoms with E-state index in [-0.39, 0.29) is 12.4 Å². The van der Waals surface area contributed by atoms with Gasteiger partial charge in [0.25, 0.3) is 0 Å². The Hall–Kier alpha value is -1.48. The van der Waals surface area contributed by atoms with E-state index in [2.05, 4.69) is 26.0 Å². The molecule has 0 aliphatic carbocycles. The lowest BCUT2D eigenvalue weighted by atomic mass is 10.2. The van der Waals surface area contributed by atoms with Crippen LogP contribution in [0, 0.1) is 0 Å². The number of methoxy groups -OCH3 is 2. The van der Waals surface area contributed by atoms with Crippen molar-refractivity contribution in [3.8, 4) is 5.75 Å². The molecule has 2 atom stereocenters. The van der Waals surface area contributed by atoms with Gasteiger partial charge in [0.05, 0.1) is 20.3 Å². The van der Waals surface area contributed by atoms with Gasteiger partial charge < -0.3 is 18.9 Å². The number of rotatable bonds is 8. The second-order valence-electron chi connectivity index (χ2n) is 6.10. The molecular weight excluding hydrogens is 402 g/mol. The highest BCUT2D eigenvalue weighted by molar-refractivity contribution is 9.10. The van der Waals surface area contributed by atoms with Crippen molar-refractivity contribution >= 4 is 15.9 Å². The predicted molar refractivity (Wildman–Crippen MR) is 99.1 cm³/mol. The van der Waals surface area contributed by atoms with Crippen LogP contribution in [0.2, 0.25) is 0 Å². The van der Waals surface area contributed by atoms with E-state index in [9.17, 15) is 0 Å². The van der Waals surface area contributed by atoms with E-state index < -0.39 is 0 Å². The molecule has 0 amide bonds. The molecular formula is C18H24BrN3O4. The van der Waals surface area contributed by atoms with E-state index in [0.29, 0.717) is 23.7 Å². The minimum absolute atomic E-state index is 0.164. The van der Waals surface area contributed by atoms with Gasteiger partial charge >= 0.3 is 0 Å². The van der Waals surface area contributed by atoms with Crippen molar-refractivity contribution in [2.75, 3.05) is 27.4 Å². The van der Waals surface area contributed by atoms with E-state index in [0.717, 1.165) is 37.2 Å². The number of benzene rings is 1. The van der Waals surface area contributed by atoms with Gasteiger partial charge in [0.15, 0.2) is 12.1 Å². The van der Waals surface area contributed by atoms with Gasteiger partial charge in [-0.15, -0.1) is 5.10 Å². The molecule has 1 aromatic carbocycles. The normalized spacial score (nSPS) is 18.7. The summed E-state index contributed by atoms with van der Waals surface area (Å²) in [5, 5.41) is 4.44. The van der Waals surface area contributed by atoms with Crippen molar-refractivity contribution in [3.63, 3.8) is 0 Å². The third-order valence-electron chi connectivity index (χ3n) is 4.31. The summed E-state index contributed by atoms with van der Waals surface area (Å²) >= 11 is 3.36. The molecule has 2 aromatic rings. The predicted octanol–water partition coefficient (Wildman–Crippen LogP) is 3.33. The Kier molecular flexibility index (Phi) is 7.01. The van der Waals surface area contributed by atoms with E-state index in [4.69, 9.17) is 18.9 Å². The summed E-state index contributed by atoms with van der Waals surface area (Å²) < 4.78 is 24.7. The second-order valence-corrected chi connectivity index (χ2v) is 6.81. The first kappa shape index (κ1) is 19.3. The average molecular weight is 426 g/mol. The summed E-state index contributed by atoms with van der Waals surface area (Å²) in [5.74, 6) is 1.54. The zero-order chi connectivity index (χ0) is 18.4. The number of nitrogens with zero attached hydrogens (tertiary/aromatic N) is 3. The lowest BCUT2D eigenvalue weighted by Crippen LogP contribution is -2.26. The lowest BCUT2D eigenvalue weighted by Gasteiger charge is -2.24. The van der Waals surface area contributed by atoms with Crippen molar-refractivity contribution in [1.29, 1.82) is 0 Å². The highest BCUT2D eigenvalue weighted by atomic mass is 79.9. The molecule has 1 aliphatic heterocycles. The van der Waals surface area contributed by atoms with Crippen LogP contribution in [-0.2, 0) is 20.8 Å². The second kappa shape index (κ2) is 9.45. The van der Waals surface area contributed by atoms with Gasteiger partial charge in [0, 0.05) is 13.7 Å². The van der Waals surface area contributed by atoms with Crippen molar-refractivity contribution < 1.29 is 18.9 Å². The molecule has 0 saturated carbocycles. The van der Waals surface area contributed by atoms with Crippen molar-refractivity contribution in [3.05, 3.63) is 40.4 Å². The summed E-state index contributed by atoms with van der Waals surface area (Å²) in [4.78, 5) is 4.47. The monoisotopic (exact) mass is 425 g/mol. The molecule has 26 heavy (non-hydrogen) atoms. The highest BCUT2D eigenvalue weighted by Crippen LogP contribution is 2.22. The molecule has 8 heteroatoms. The molecule has 1 fully saturated rings. The van der Waals surface area contributed by atoms with Crippen LogP contribution in [0.25, 0.3) is 0 Å². The Balaban J connectivity index is 1.68. The average Bonchev–Trinajstić information content (AvgIpc) is 3.04. The van der Waals surface area contributed by atoms with Gasteiger partial charge in [0.2, 0.25) is 4.73 Å². The molecule has 0 radical (unpaired) electrons. The number of hydrogen-bond acceptors (Lipinski definition) is 6. The molecule has 7 nitrogen and oxygen atoms in total. The molecule has 1 saturated heterocycles. The van der Waals surface area contributed by atoms with Gasteiger partial charge in [-0.3, -0.25) is 0 Å². The molecule has 3 rings (SSSR count). The van der Waals surface area contributed by atoms with Gasteiger partial charge in [-0.05, 0) is 52.9 Å². The first-order valence-electron chi connectivity index (χ1n) is 8.68. The van der Waals surface area contributed by atoms with Crippen LogP contribution < -0.4 is 4.74 Å². The molecule has 1 aliphatic rings. The highest BCUT2D eigenvalue weighted by Gasteiger charge is 2.23. The van der Waals surface area contributed by atoms with E-state index in [1.807, 2.05) is 28.9 Å². The summed E-state index contributed by atoms with van der Waals surface area (Å²) in [6.07, 6.45) is 2.65. The summed E-state index contributed by atoms with van der Waals surface area (Å²) in [6.45, 7) is 1.70. The Labute approximate surface area is 161 Å². The topological polar surface area (TPSA) is 67.6 Å². The largest absolute Gasteiger partial charge is 0.497 e. The van der Waals surface area contributed by atoms with E-state index in [1.54, 1.807) is 14.2 Å². The van der Waals surface area contributed by atoms with Crippen LogP contribution in [-0.4, -0.2) is 48.5 Å². The van der Waals surface area contributed by atoms with Crippen molar-refractivity contribution in [1.82, 2.24) is 14.8 Å². The van der Waals surface area contributed by atoms with Crippen molar-refractivity contribution in [2.45, 2.75) is 38.2 Å². The standard InChI is InChI=1S/C18H24BrN3O4/c1-23-14-8-6-13(7-9-14)11-22-17(20-18(19)21-22)15(24-2)12-26-16-5-3-4-10-25-16/h6-9,15-16H,3-5,10-12H2,1-2H3. The van der Waals surface area contributed by atoms with E-state index >= 15 is 0 Å². The van der Waals surface area contributed by atoms with Gasteiger partial charge in [-0.25, -0.2) is 9.67 Å². The molecule has 0 N–H and O–H groups in total. The number of hydrogen-bond donors (Lipinski definition) is 0. The van der Waals surface area contributed by atoms with Gasteiger partial charge in [-0.1, -0.05) is 12.1 Å². The Morgan fingerprint density at radius 2 is 2.08 bits per heavy atom. The lowest BCUT2D eigenvalue weighted by molar-refractivity contribution is -0.179. The van der Waals surface area contributed by atoms with E-state index in [1.165, 1.54) is 0 Å². The molecule has 0 bridgehead atoms. The van der Waals surface area contributed by atoms with Crippen LogP contribution >= 0.6 is 15.9 Å². The fraction of sp³-hybridized carbons (Fsp3) is 0.556. The maximum absolute atomic E-state index is 5.87. The zero-order valence-electron chi connectivity index (χ0n) is 15.1. The minimum Gasteiger partial charge on any atom is -0.497 e.